The predicted octanol–water partition coefficient (Wildman–Crippen LogP) is 5.19. The molecule has 0 spiro atoms. The fourth-order valence-electron chi connectivity index (χ4n) is 3.45. The van der Waals surface area contributed by atoms with Crippen LogP contribution in [0.4, 0.5) is 0 Å². The molecule has 2 aromatic rings. The lowest BCUT2D eigenvalue weighted by Gasteiger charge is -2.24. The van der Waals surface area contributed by atoms with E-state index < -0.39 is 5.60 Å². The SMILES string of the molecule is CC(C)(C)OC(=O)C1CCCc2ccccc2-c2ccccc2C1. The highest BCUT2D eigenvalue weighted by Gasteiger charge is 2.27. The van der Waals surface area contributed by atoms with Crippen LogP contribution < -0.4 is 0 Å². The first kappa shape index (κ1) is 16.8. The van der Waals surface area contributed by atoms with E-state index in [0.29, 0.717) is 0 Å². The molecule has 0 aromatic heterocycles. The zero-order valence-electron chi connectivity index (χ0n) is 14.8. The van der Waals surface area contributed by atoms with Gasteiger partial charge in [-0.3, -0.25) is 4.79 Å². The molecular weight excluding hydrogens is 296 g/mol. The Labute approximate surface area is 144 Å². The van der Waals surface area contributed by atoms with Crippen LogP contribution in [0.25, 0.3) is 11.1 Å². The molecule has 1 aliphatic rings. The molecule has 2 aromatic carbocycles. The van der Waals surface area contributed by atoms with E-state index in [9.17, 15) is 4.79 Å². The van der Waals surface area contributed by atoms with Crippen LogP contribution >= 0.6 is 0 Å². The van der Waals surface area contributed by atoms with Gasteiger partial charge in [-0.25, -0.2) is 0 Å². The van der Waals surface area contributed by atoms with Gasteiger partial charge in [0, 0.05) is 0 Å². The van der Waals surface area contributed by atoms with Gasteiger partial charge in [0.1, 0.15) is 5.60 Å². The monoisotopic (exact) mass is 322 g/mol. The van der Waals surface area contributed by atoms with E-state index in [1.165, 1.54) is 22.3 Å². The molecule has 0 radical (unpaired) electrons. The molecule has 24 heavy (non-hydrogen) atoms. The lowest BCUT2D eigenvalue weighted by atomic mass is 9.91. The number of aryl methyl sites for hydroxylation is 1. The lowest BCUT2D eigenvalue weighted by Crippen LogP contribution is -2.29. The van der Waals surface area contributed by atoms with Crippen molar-refractivity contribution in [3.05, 3.63) is 59.7 Å². The van der Waals surface area contributed by atoms with Gasteiger partial charge < -0.3 is 4.74 Å². The highest BCUT2D eigenvalue weighted by Crippen LogP contribution is 2.33. The molecule has 0 saturated heterocycles. The van der Waals surface area contributed by atoms with Gasteiger partial charge in [0.25, 0.3) is 0 Å². The van der Waals surface area contributed by atoms with Crippen LogP contribution in [-0.4, -0.2) is 11.6 Å². The second kappa shape index (κ2) is 6.80. The largest absolute Gasteiger partial charge is 0.460 e. The molecule has 0 heterocycles. The first-order chi connectivity index (χ1) is 11.4. The summed E-state index contributed by atoms with van der Waals surface area (Å²) in [5.74, 6) is -0.136. The average Bonchev–Trinajstić information content (AvgIpc) is 2.60. The van der Waals surface area contributed by atoms with Crippen LogP contribution in [0.5, 0.6) is 0 Å². The standard InChI is InChI=1S/C22H26O2/c1-22(2,3)24-21(23)18-12-8-11-16-9-4-6-13-19(16)20-14-7-5-10-17(20)15-18/h4-7,9-10,13-14,18H,8,11-12,15H2,1-3H3. The van der Waals surface area contributed by atoms with Gasteiger partial charge in [-0.1, -0.05) is 48.5 Å². The van der Waals surface area contributed by atoms with Crippen LogP contribution in [0.1, 0.15) is 44.7 Å². The highest BCUT2D eigenvalue weighted by atomic mass is 16.6. The molecule has 0 saturated carbocycles. The van der Waals surface area contributed by atoms with Crippen LogP contribution in [-0.2, 0) is 22.4 Å². The van der Waals surface area contributed by atoms with Gasteiger partial charge >= 0.3 is 5.97 Å². The molecule has 1 atom stereocenters. The van der Waals surface area contributed by atoms with Crippen molar-refractivity contribution < 1.29 is 9.53 Å². The lowest BCUT2D eigenvalue weighted by molar-refractivity contribution is -0.160. The summed E-state index contributed by atoms with van der Waals surface area (Å²) in [6.45, 7) is 5.80. The molecule has 1 unspecified atom stereocenters. The molecule has 2 nitrogen and oxygen atoms in total. The fraction of sp³-hybridized carbons (Fsp3) is 0.409. The smallest absolute Gasteiger partial charge is 0.309 e. The topological polar surface area (TPSA) is 26.3 Å². The van der Waals surface area contributed by atoms with Crippen LogP contribution in [0, 0.1) is 5.92 Å². The quantitative estimate of drug-likeness (QED) is 0.675. The maximum Gasteiger partial charge on any atom is 0.309 e. The molecule has 0 N–H and O–H groups in total. The second-order valence-electron chi connectivity index (χ2n) is 7.64. The number of ether oxygens (including phenoxy) is 1. The van der Waals surface area contributed by atoms with E-state index in [4.69, 9.17) is 4.74 Å². The predicted molar refractivity (Wildman–Crippen MR) is 97.9 cm³/mol. The van der Waals surface area contributed by atoms with Gasteiger partial charge in [0.05, 0.1) is 5.92 Å². The Morgan fingerprint density at radius 3 is 2.21 bits per heavy atom. The number of carbonyl (C=O) groups excluding carboxylic acids is 1. The summed E-state index contributed by atoms with van der Waals surface area (Å²) in [6.07, 6.45) is 3.63. The molecular formula is C22H26O2. The van der Waals surface area contributed by atoms with Crippen LogP contribution in [0.2, 0.25) is 0 Å². The fourth-order valence-corrected chi connectivity index (χ4v) is 3.45. The van der Waals surface area contributed by atoms with Gasteiger partial charge in [-0.05, 0) is 68.7 Å². The normalized spacial score (nSPS) is 17.7. The van der Waals surface area contributed by atoms with Crippen molar-refractivity contribution in [1.82, 2.24) is 0 Å². The van der Waals surface area contributed by atoms with Gasteiger partial charge in [0.2, 0.25) is 0 Å². The average molecular weight is 322 g/mol. The Balaban J connectivity index is 1.96. The Morgan fingerprint density at radius 2 is 1.54 bits per heavy atom. The molecule has 3 rings (SSSR count). The highest BCUT2D eigenvalue weighted by molar-refractivity contribution is 5.76. The van der Waals surface area contributed by atoms with E-state index >= 15 is 0 Å². The zero-order chi connectivity index (χ0) is 17.2. The molecule has 0 aliphatic heterocycles. The third-order valence-electron chi connectivity index (χ3n) is 4.53. The van der Waals surface area contributed by atoms with E-state index in [0.717, 1.165) is 25.7 Å². The van der Waals surface area contributed by atoms with Gasteiger partial charge in [0.15, 0.2) is 0 Å². The summed E-state index contributed by atoms with van der Waals surface area (Å²) in [4.78, 5) is 12.7. The van der Waals surface area contributed by atoms with Gasteiger partial charge in [-0.2, -0.15) is 0 Å². The van der Waals surface area contributed by atoms with Crippen molar-refractivity contribution in [3.63, 3.8) is 0 Å². The summed E-state index contributed by atoms with van der Waals surface area (Å²) >= 11 is 0. The van der Waals surface area contributed by atoms with Crippen molar-refractivity contribution in [1.29, 1.82) is 0 Å². The van der Waals surface area contributed by atoms with Crippen LogP contribution in [0.3, 0.4) is 0 Å². The summed E-state index contributed by atoms with van der Waals surface area (Å²) in [5.41, 5.74) is 4.73. The number of fused-ring (bicyclic) bond motifs is 3. The Bertz CT molecular complexity index is 725. The van der Waals surface area contributed by atoms with Crippen molar-refractivity contribution >= 4 is 5.97 Å². The summed E-state index contributed by atoms with van der Waals surface area (Å²) in [6, 6.07) is 17.1. The van der Waals surface area contributed by atoms with Crippen molar-refractivity contribution in [2.24, 2.45) is 5.92 Å². The third kappa shape index (κ3) is 3.87. The number of esters is 1. The maximum absolute atomic E-state index is 12.7. The van der Waals surface area contributed by atoms with Crippen molar-refractivity contribution in [3.8, 4) is 11.1 Å². The first-order valence-electron chi connectivity index (χ1n) is 8.83. The molecule has 1 aliphatic carbocycles. The minimum atomic E-state index is -0.433. The molecule has 0 amide bonds. The summed E-state index contributed by atoms with van der Waals surface area (Å²) < 4.78 is 5.67. The number of carbonyl (C=O) groups is 1. The van der Waals surface area contributed by atoms with E-state index in [1.54, 1.807) is 0 Å². The van der Waals surface area contributed by atoms with Crippen LogP contribution in [0.15, 0.2) is 48.5 Å². The Hall–Kier alpha value is -2.09. The van der Waals surface area contributed by atoms with Gasteiger partial charge in [-0.15, -0.1) is 0 Å². The molecule has 126 valence electrons. The Kier molecular flexibility index (Phi) is 4.75. The zero-order valence-corrected chi connectivity index (χ0v) is 14.8. The maximum atomic E-state index is 12.7. The van der Waals surface area contributed by atoms with Crippen molar-refractivity contribution in [2.75, 3.05) is 0 Å². The van der Waals surface area contributed by atoms with E-state index in [-0.39, 0.29) is 11.9 Å². The second-order valence-corrected chi connectivity index (χ2v) is 7.64. The number of benzene rings is 2. The third-order valence-corrected chi connectivity index (χ3v) is 4.53. The van der Waals surface area contributed by atoms with E-state index in [2.05, 4.69) is 48.5 Å². The number of hydrogen-bond donors (Lipinski definition) is 0. The number of hydrogen-bond acceptors (Lipinski definition) is 2. The van der Waals surface area contributed by atoms with E-state index in [1.807, 2.05) is 20.8 Å². The minimum Gasteiger partial charge on any atom is -0.460 e. The van der Waals surface area contributed by atoms with Crippen molar-refractivity contribution in [2.45, 2.75) is 52.1 Å². The molecule has 2 heteroatoms. The minimum absolute atomic E-state index is 0.0664. The number of rotatable bonds is 1. The Morgan fingerprint density at radius 1 is 0.958 bits per heavy atom. The first-order valence-corrected chi connectivity index (χ1v) is 8.83. The molecule has 0 bridgehead atoms. The summed E-state index contributed by atoms with van der Waals surface area (Å²) in [7, 11) is 0. The molecule has 0 fully saturated rings. The summed E-state index contributed by atoms with van der Waals surface area (Å²) in [5, 5.41) is 0.